The van der Waals surface area contributed by atoms with Crippen LogP contribution in [0, 0.1) is 0 Å². The lowest BCUT2D eigenvalue weighted by atomic mass is 10.1. The van der Waals surface area contributed by atoms with E-state index in [4.69, 9.17) is 5.73 Å². The molecule has 3 nitrogen and oxygen atoms in total. The smallest absolute Gasteiger partial charge is 0.351 e. The summed E-state index contributed by atoms with van der Waals surface area (Å²) in [7, 11) is 1.19. The molecule has 0 radical (unpaired) electrons. The van der Waals surface area contributed by atoms with Gasteiger partial charge in [0.1, 0.15) is 0 Å². The van der Waals surface area contributed by atoms with Crippen LogP contribution in [-0.4, -0.2) is 13.1 Å². The summed E-state index contributed by atoms with van der Waals surface area (Å²) >= 11 is 0. The van der Waals surface area contributed by atoms with E-state index in [1.165, 1.54) is 25.2 Å². The second-order valence-corrected chi connectivity index (χ2v) is 2.91. The Kier molecular flexibility index (Phi) is 2.88. The van der Waals surface area contributed by atoms with Gasteiger partial charge in [-0.05, 0) is 12.1 Å². The molecule has 0 saturated heterocycles. The zero-order chi connectivity index (χ0) is 11.6. The van der Waals surface area contributed by atoms with E-state index in [0.717, 1.165) is 11.0 Å². The fourth-order valence-electron chi connectivity index (χ4n) is 1.12. The van der Waals surface area contributed by atoms with Crippen LogP contribution in [0.2, 0.25) is 0 Å². The van der Waals surface area contributed by atoms with Gasteiger partial charge in [-0.15, -0.1) is 0 Å². The van der Waals surface area contributed by atoms with E-state index in [1.54, 1.807) is 0 Å². The van der Waals surface area contributed by atoms with Crippen molar-refractivity contribution < 1.29 is 18.0 Å². The van der Waals surface area contributed by atoms with Crippen molar-refractivity contribution in [2.24, 2.45) is 5.73 Å². The molecule has 0 heterocycles. The SMILES string of the molecule is CN(C(N)=O)c1ccccc1C(F)(F)F. The standard InChI is InChI=1S/C9H9F3N2O/c1-14(8(13)15)7-5-3-2-4-6(7)9(10,11)12/h2-5H,1H3,(H2,13,15). The number of hydrogen-bond acceptors (Lipinski definition) is 1. The molecule has 0 bridgehead atoms. The van der Waals surface area contributed by atoms with Gasteiger partial charge in [0.25, 0.3) is 0 Å². The summed E-state index contributed by atoms with van der Waals surface area (Å²) in [5.41, 5.74) is 3.76. The molecular formula is C9H9F3N2O. The second-order valence-electron chi connectivity index (χ2n) is 2.91. The highest BCUT2D eigenvalue weighted by Gasteiger charge is 2.34. The molecule has 1 aromatic carbocycles. The van der Waals surface area contributed by atoms with E-state index in [1.807, 2.05) is 0 Å². The number of carbonyl (C=O) groups is 1. The quantitative estimate of drug-likeness (QED) is 0.771. The Morgan fingerprint density at radius 2 is 1.87 bits per heavy atom. The summed E-state index contributed by atoms with van der Waals surface area (Å²) in [6.45, 7) is 0. The number of alkyl halides is 3. The molecule has 2 amide bonds. The Hall–Kier alpha value is -1.72. The minimum atomic E-state index is -4.50. The largest absolute Gasteiger partial charge is 0.418 e. The van der Waals surface area contributed by atoms with Crippen LogP contribution in [0.4, 0.5) is 23.7 Å². The van der Waals surface area contributed by atoms with Crippen LogP contribution in [-0.2, 0) is 6.18 Å². The summed E-state index contributed by atoms with van der Waals surface area (Å²) < 4.78 is 37.5. The molecule has 82 valence electrons. The molecule has 1 rings (SSSR count). The Morgan fingerprint density at radius 1 is 1.33 bits per heavy atom. The molecule has 0 spiro atoms. The zero-order valence-corrected chi connectivity index (χ0v) is 7.88. The number of para-hydroxylation sites is 1. The highest BCUT2D eigenvalue weighted by atomic mass is 19.4. The lowest BCUT2D eigenvalue weighted by Gasteiger charge is -2.19. The maximum Gasteiger partial charge on any atom is 0.418 e. The van der Waals surface area contributed by atoms with E-state index >= 15 is 0 Å². The van der Waals surface area contributed by atoms with Gasteiger partial charge in [-0.1, -0.05) is 12.1 Å². The molecule has 0 atom stereocenters. The number of hydrogen-bond donors (Lipinski definition) is 1. The first-order valence-electron chi connectivity index (χ1n) is 4.03. The maximum absolute atomic E-state index is 12.5. The number of anilines is 1. The van der Waals surface area contributed by atoms with Crippen molar-refractivity contribution in [2.45, 2.75) is 6.18 Å². The van der Waals surface area contributed by atoms with Gasteiger partial charge in [-0.3, -0.25) is 4.90 Å². The molecule has 0 aliphatic rings. The Labute approximate surface area is 84.3 Å². The van der Waals surface area contributed by atoms with Crippen LogP contribution in [0.25, 0.3) is 0 Å². The summed E-state index contributed by atoms with van der Waals surface area (Å²) in [5.74, 6) is 0. The number of amides is 2. The number of nitrogens with zero attached hydrogens (tertiary/aromatic N) is 1. The predicted octanol–water partition coefficient (Wildman–Crippen LogP) is 2.22. The van der Waals surface area contributed by atoms with Crippen molar-refractivity contribution in [3.8, 4) is 0 Å². The normalized spacial score (nSPS) is 11.2. The minimum Gasteiger partial charge on any atom is -0.351 e. The molecule has 0 aliphatic heterocycles. The third-order valence-corrected chi connectivity index (χ3v) is 1.90. The maximum atomic E-state index is 12.5. The molecule has 0 aliphatic carbocycles. The summed E-state index contributed by atoms with van der Waals surface area (Å²) in [6.07, 6.45) is -4.50. The van der Waals surface area contributed by atoms with Crippen LogP contribution in [0.3, 0.4) is 0 Å². The van der Waals surface area contributed by atoms with Crippen molar-refractivity contribution >= 4 is 11.7 Å². The van der Waals surface area contributed by atoms with Crippen molar-refractivity contribution in [3.63, 3.8) is 0 Å². The third kappa shape index (κ3) is 2.39. The van der Waals surface area contributed by atoms with Crippen LogP contribution >= 0.6 is 0 Å². The first kappa shape index (κ1) is 11.4. The van der Waals surface area contributed by atoms with Crippen molar-refractivity contribution in [3.05, 3.63) is 29.8 Å². The van der Waals surface area contributed by atoms with Crippen LogP contribution < -0.4 is 10.6 Å². The van der Waals surface area contributed by atoms with E-state index < -0.39 is 17.8 Å². The first-order valence-corrected chi connectivity index (χ1v) is 4.03. The van der Waals surface area contributed by atoms with E-state index in [9.17, 15) is 18.0 Å². The first-order chi connectivity index (χ1) is 6.84. The fourth-order valence-corrected chi connectivity index (χ4v) is 1.12. The van der Waals surface area contributed by atoms with Gasteiger partial charge < -0.3 is 5.73 Å². The molecule has 15 heavy (non-hydrogen) atoms. The van der Waals surface area contributed by atoms with Crippen LogP contribution in [0.5, 0.6) is 0 Å². The zero-order valence-electron chi connectivity index (χ0n) is 7.88. The monoisotopic (exact) mass is 218 g/mol. The molecule has 1 aromatic rings. The van der Waals surface area contributed by atoms with E-state index in [0.29, 0.717) is 0 Å². The summed E-state index contributed by atoms with van der Waals surface area (Å²) in [4.78, 5) is 11.5. The van der Waals surface area contributed by atoms with E-state index in [2.05, 4.69) is 0 Å². The van der Waals surface area contributed by atoms with Crippen molar-refractivity contribution in [1.82, 2.24) is 0 Å². The van der Waals surface area contributed by atoms with Crippen LogP contribution in [0.1, 0.15) is 5.56 Å². The predicted molar refractivity (Wildman–Crippen MR) is 49.4 cm³/mol. The average Bonchev–Trinajstić information content (AvgIpc) is 2.15. The summed E-state index contributed by atoms with van der Waals surface area (Å²) in [6, 6.07) is 3.81. The van der Waals surface area contributed by atoms with Gasteiger partial charge in [-0.25, -0.2) is 4.79 Å². The van der Waals surface area contributed by atoms with Gasteiger partial charge in [-0.2, -0.15) is 13.2 Å². The number of benzene rings is 1. The molecule has 0 saturated carbocycles. The molecule has 2 N–H and O–H groups in total. The molecule has 0 fully saturated rings. The number of primary amides is 1. The number of halogens is 3. The molecular weight excluding hydrogens is 209 g/mol. The van der Waals surface area contributed by atoms with Gasteiger partial charge in [0.05, 0.1) is 11.3 Å². The minimum absolute atomic E-state index is 0.252. The number of urea groups is 1. The average molecular weight is 218 g/mol. The third-order valence-electron chi connectivity index (χ3n) is 1.90. The number of nitrogens with two attached hydrogens (primary N) is 1. The number of rotatable bonds is 1. The van der Waals surface area contributed by atoms with Gasteiger partial charge in [0.2, 0.25) is 0 Å². The topological polar surface area (TPSA) is 46.3 Å². The van der Waals surface area contributed by atoms with Gasteiger partial charge in [0.15, 0.2) is 0 Å². The van der Waals surface area contributed by atoms with Crippen molar-refractivity contribution in [2.75, 3.05) is 11.9 Å². The second kappa shape index (κ2) is 3.80. The van der Waals surface area contributed by atoms with E-state index in [-0.39, 0.29) is 5.69 Å². The Balaban J connectivity index is 3.24. The van der Waals surface area contributed by atoms with Crippen molar-refractivity contribution in [1.29, 1.82) is 0 Å². The Morgan fingerprint density at radius 3 is 2.33 bits per heavy atom. The highest BCUT2D eigenvalue weighted by molar-refractivity contribution is 5.91. The molecule has 0 aromatic heterocycles. The van der Waals surface area contributed by atoms with Gasteiger partial charge >= 0.3 is 12.2 Å². The molecule has 0 unspecified atom stereocenters. The number of carbonyl (C=O) groups excluding carboxylic acids is 1. The lowest BCUT2D eigenvalue weighted by Crippen LogP contribution is -2.33. The van der Waals surface area contributed by atoms with Gasteiger partial charge in [0, 0.05) is 7.05 Å². The van der Waals surface area contributed by atoms with Crippen LogP contribution in [0.15, 0.2) is 24.3 Å². The lowest BCUT2D eigenvalue weighted by molar-refractivity contribution is -0.137. The Bertz CT molecular complexity index is 376. The highest BCUT2D eigenvalue weighted by Crippen LogP contribution is 2.35. The summed E-state index contributed by atoms with van der Waals surface area (Å²) in [5, 5.41) is 0. The fraction of sp³-hybridized carbons (Fsp3) is 0.222. The molecule has 6 heteroatoms.